The Labute approximate surface area is 120 Å². The van der Waals surface area contributed by atoms with E-state index in [9.17, 15) is 4.79 Å². The number of benzene rings is 1. The Morgan fingerprint density at radius 2 is 2.15 bits per heavy atom. The van der Waals surface area contributed by atoms with E-state index in [1.54, 1.807) is 6.20 Å². The fourth-order valence-electron chi connectivity index (χ4n) is 1.88. The van der Waals surface area contributed by atoms with Crippen LogP contribution in [0.25, 0.3) is 10.6 Å². The minimum Gasteiger partial charge on any atom is -0.454 e. The Balaban J connectivity index is 1.85. The summed E-state index contributed by atoms with van der Waals surface area (Å²) >= 11 is 1.36. The fourth-order valence-corrected chi connectivity index (χ4v) is 2.69. The van der Waals surface area contributed by atoms with Crippen LogP contribution in [0, 0.1) is 0 Å². The van der Waals surface area contributed by atoms with Gasteiger partial charge in [-0.15, -0.1) is 11.3 Å². The van der Waals surface area contributed by atoms with E-state index in [2.05, 4.69) is 10.3 Å². The number of aromatic nitrogens is 1. The van der Waals surface area contributed by atoms with Crippen LogP contribution in [-0.4, -0.2) is 23.7 Å². The Kier molecular flexibility index (Phi) is 3.31. The second-order valence-electron chi connectivity index (χ2n) is 4.73. The van der Waals surface area contributed by atoms with Crippen molar-refractivity contribution in [3.63, 3.8) is 0 Å². The normalized spacial score (nSPS) is 12.8. The number of nitrogens with zero attached hydrogens (tertiary/aromatic N) is 1. The minimum absolute atomic E-state index is 0.0931. The fraction of sp³-hybridized carbons (Fsp3) is 0.286. The molecule has 1 aliphatic heterocycles. The molecule has 0 fully saturated rings. The SMILES string of the molecule is CC(C)NC(=O)c1cnc(-c2ccc3c(c2)OCO3)s1. The summed E-state index contributed by atoms with van der Waals surface area (Å²) in [4.78, 5) is 16.8. The van der Waals surface area contributed by atoms with E-state index in [4.69, 9.17) is 9.47 Å². The first-order valence-corrected chi connectivity index (χ1v) is 7.12. The standard InChI is InChI=1S/C14H14N2O3S/c1-8(2)16-13(17)12-6-15-14(20-12)9-3-4-10-11(5-9)19-7-18-10/h3-6,8H,7H2,1-2H3,(H,16,17). The third-order valence-corrected chi connectivity index (χ3v) is 3.81. The number of fused-ring (bicyclic) bond motifs is 1. The zero-order valence-corrected chi connectivity index (χ0v) is 12.0. The van der Waals surface area contributed by atoms with Gasteiger partial charge in [-0.3, -0.25) is 4.79 Å². The summed E-state index contributed by atoms with van der Waals surface area (Å²) in [6, 6.07) is 5.76. The molecule has 1 aromatic carbocycles. The molecule has 0 bridgehead atoms. The molecule has 104 valence electrons. The zero-order chi connectivity index (χ0) is 14.1. The Hall–Kier alpha value is -2.08. The maximum absolute atomic E-state index is 11.9. The third kappa shape index (κ3) is 2.46. The Morgan fingerprint density at radius 3 is 2.95 bits per heavy atom. The van der Waals surface area contributed by atoms with Crippen LogP contribution in [0.3, 0.4) is 0 Å². The first-order chi connectivity index (χ1) is 9.63. The number of rotatable bonds is 3. The van der Waals surface area contributed by atoms with Gasteiger partial charge in [-0.1, -0.05) is 0 Å². The molecule has 1 aromatic heterocycles. The van der Waals surface area contributed by atoms with Crippen LogP contribution in [0.5, 0.6) is 11.5 Å². The summed E-state index contributed by atoms with van der Waals surface area (Å²) in [5.74, 6) is 1.36. The van der Waals surface area contributed by atoms with E-state index >= 15 is 0 Å². The van der Waals surface area contributed by atoms with Crippen molar-refractivity contribution in [1.82, 2.24) is 10.3 Å². The van der Waals surface area contributed by atoms with E-state index in [1.807, 2.05) is 32.0 Å². The molecule has 0 unspecified atom stereocenters. The summed E-state index contributed by atoms with van der Waals surface area (Å²) < 4.78 is 10.6. The molecule has 6 heteroatoms. The number of carbonyl (C=O) groups excluding carboxylic acids is 1. The molecule has 2 heterocycles. The number of ether oxygens (including phenoxy) is 2. The summed E-state index contributed by atoms with van der Waals surface area (Å²) in [6.45, 7) is 4.11. The number of hydrogen-bond donors (Lipinski definition) is 1. The van der Waals surface area contributed by atoms with Gasteiger partial charge in [0.05, 0.1) is 6.20 Å². The quantitative estimate of drug-likeness (QED) is 0.944. The van der Waals surface area contributed by atoms with Gasteiger partial charge in [-0.05, 0) is 32.0 Å². The molecule has 0 radical (unpaired) electrons. The van der Waals surface area contributed by atoms with Crippen LogP contribution in [0.4, 0.5) is 0 Å². The second-order valence-corrected chi connectivity index (χ2v) is 5.76. The average Bonchev–Trinajstić information content (AvgIpc) is 3.06. The van der Waals surface area contributed by atoms with Crippen LogP contribution < -0.4 is 14.8 Å². The second kappa shape index (κ2) is 5.13. The monoisotopic (exact) mass is 290 g/mol. The molecule has 1 N–H and O–H groups in total. The molecule has 0 atom stereocenters. The molecular formula is C14H14N2O3S. The maximum atomic E-state index is 11.9. The molecule has 2 aromatic rings. The maximum Gasteiger partial charge on any atom is 0.263 e. The molecule has 0 saturated carbocycles. The van der Waals surface area contributed by atoms with Crippen molar-refractivity contribution in [2.45, 2.75) is 19.9 Å². The van der Waals surface area contributed by atoms with E-state index in [-0.39, 0.29) is 18.7 Å². The van der Waals surface area contributed by atoms with Crippen molar-refractivity contribution in [3.8, 4) is 22.1 Å². The highest BCUT2D eigenvalue weighted by atomic mass is 32.1. The molecule has 3 rings (SSSR count). The molecule has 5 nitrogen and oxygen atoms in total. The van der Waals surface area contributed by atoms with E-state index in [0.29, 0.717) is 10.6 Å². The van der Waals surface area contributed by atoms with Crippen molar-refractivity contribution in [1.29, 1.82) is 0 Å². The van der Waals surface area contributed by atoms with Gasteiger partial charge in [-0.25, -0.2) is 4.98 Å². The van der Waals surface area contributed by atoms with Gasteiger partial charge < -0.3 is 14.8 Å². The highest BCUT2D eigenvalue weighted by molar-refractivity contribution is 7.16. The lowest BCUT2D eigenvalue weighted by Crippen LogP contribution is -2.29. The summed E-state index contributed by atoms with van der Waals surface area (Å²) in [5, 5.41) is 3.64. The summed E-state index contributed by atoms with van der Waals surface area (Å²) in [5.41, 5.74) is 0.919. The smallest absolute Gasteiger partial charge is 0.263 e. The molecule has 0 spiro atoms. The van der Waals surface area contributed by atoms with Gasteiger partial charge in [0.1, 0.15) is 9.88 Å². The van der Waals surface area contributed by atoms with E-state index in [1.165, 1.54) is 11.3 Å². The number of amides is 1. The summed E-state index contributed by atoms with van der Waals surface area (Å²) in [7, 11) is 0. The van der Waals surface area contributed by atoms with Gasteiger partial charge in [-0.2, -0.15) is 0 Å². The third-order valence-electron chi connectivity index (χ3n) is 2.77. The number of hydrogen-bond acceptors (Lipinski definition) is 5. The largest absolute Gasteiger partial charge is 0.454 e. The minimum atomic E-state index is -0.0931. The first kappa shape index (κ1) is 12.9. The van der Waals surface area contributed by atoms with Gasteiger partial charge >= 0.3 is 0 Å². The van der Waals surface area contributed by atoms with Crippen LogP contribution in [0.2, 0.25) is 0 Å². The lowest BCUT2D eigenvalue weighted by molar-refractivity contribution is 0.0947. The van der Waals surface area contributed by atoms with Gasteiger partial charge in [0.25, 0.3) is 5.91 Å². The van der Waals surface area contributed by atoms with Gasteiger partial charge in [0, 0.05) is 11.6 Å². The Morgan fingerprint density at radius 1 is 1.35 bits per heavy atom. The van der Waals surface area contributed by atoms with Gasteiger partial charge in [0.15, 0.2) is 11.5 Å². The van der Waals surface area contributed by atoms with Crippen LogP contribution >= 0.6 is 11.3 Å². The predicted molar refractivity (Wildman–Crippen MR) is 76.3 cm³/mol. The van der Waals surface area contributed by atoms with Crippen LogP contribution in [0.15, 0.2) is 24.4 Å². The van der Waals surface area contributed by atoms with Gasteiger partial charge in [0.2, 0.25) is 6.79 Å². The van der Waals surface area contributed by atoms with Crippen LogP contribution in [-0.2, 0) is 0 Å². The highest BCUT2D eigenvalue weighted by Gasteiger charge is 2.17. The highest BCUT2D eigenvalue weighted by Crippen LogP contribution is 2.36. The van der Waals surface area contributed by atoms with Crippen LogP contribution in [0.1, 0.15) is 23.5 Å². The predicted octanol–water partition coefficient (Wildman–Crippen LogP) is 2.68. The van der Waals surface area contributed by atoms with E-state index in [0.717, 1.165) is 16.3 Å². The number of carbonyl (C=O) groups is 1. The van der Waals surface area contributed by atoms with Crippen molar-refractivity contribution in [3.05, 3.63) is 29.3 Å². The molecule has 0 saturated heterocycles. The molecule has 20 heavy (non-hydrogen) atoms. The Bertz CT molecular complexity index is 652. The number of nitrogens with one attached hydrogen (secondary N) is 1. The van der Waals surface area contributed by atoms with E-state index < -0.39 is 0 Å². The average molecular weight is 290 g/mol. The lowest BCUT2D eigenvalue weighted by Gasteiger charge is -2.05. The van der Waals surface area contributed by atoms with Crippen molar-refractivity contribution in [2.75, 3.05) is 6.79 Å². The molecule has 1 amide bonds. The lowest BCUT2D eigenvalue weighted by atomic mass is 10.2. The number of thiazole rings is 1. The van der Waals surface area contributed by atoms with Crippen molar-refractivity contribution in [2.24, 2.45) is 0 Å². The summed E-state index contributed by atoms with van der Waals surface area (Å²) in [6.07, 6.45) is 1.60. The molecule has 1 aliphatic rings. The zero-order valence-electron chi connectivity index (χ0n) is 11.2. The molecule has 0 aliphatic carbocycles. The molecular weight excluding hydrogens is 276 g/mol. The topological polar surface area (TPSA) is 60.5 Å². The van der Waals surface area contributed by atoms with Crippen molar-refractivity contribution < 1.29 is 14.3 Å². The first-order valence-electron chi connectivity index (χ1n) is 6.30. The van der Waals surface area contributed by atoms with Crippen molar-refractivity contribution >= 4 is 17.2 Å².